The number of benzene rings is 1. The average molecular weight is 304 g/mol. The lowest BCUT2D eigenvalue weighted by atomic mass is 10.1. The molecule has 0 aromatic heterocycles. The van der Waals surface area contributed by atoms with Gasteiger partial charge in [0.1, 0.15) is 13.1 Å². The summed E-state index contributed by atoms with van der Waals surface area (Å²) >= 11 is 0. The van der Waals surface area contributed by atoms with Crippen molar-refractivity contribution in [3.8, 4) is 0 Å². The van der Waals surface area contributed by atoms with Crippen LogP contribution in [0, 0.1) is 0 Å². The third-order valence-electron chi connectivity index (χ3n) is 2.62. The molecule has 0 radical (unpaired) electrons. The van der Waals surface area contributed by atoms with Gasteiger partial charge in [0.05, 0.1) is 6.04 Å². The quantitative estimate of drug-likeness (QED) is 0.822. The van der Waals surface area contributed by atoms with Crippen LogP contribution in [0.25, 0.3) is 0 Å². The van der Waals surface area contributed by atoms with E-state index in [4.69, 9.17) is 10.8 Å². The molecule has 1 atom stereocenters. The monoisotopic (exact) mass is 304 g/mol. The maximum Gasteiger partial charge on any atom is 0.406 e. The molecule has 0 saturated carbocycles. The molecule has 0 unspecified atom stereocenters. The zero-order valence-electron chi connectivity index (χ0n) is 11.0. The molecule has 0 spiro atoms. The summed E-state index contributed by atoms with van der Waals surface area (Å²) in [6.45, 7) is -2.68. The van der Waals surface area contributed by atoms with Crippen LogP contribution >= 0.6 is 0 Å². The summed E-state index contributed by atoms with van der Waals surface area (Å²) in [6, 6.07) is 7.29. The van der Waals surface area contributed by atoms with Gasteiger partial charge in [-0.3, -0.25) is 9.59 Å². The molecule has 0 saturated heterocycles. The molecule has 1 aromatic rings. The molecule has 8 heteroatoms. The van der Waals surface area contributed by atoms with Crippen LogP contribution in [-0.4, -0.2) is 47.2 Å². The standard InChI is InChI=1S/C13H15F3N2O3/c14-13(15,16)8-18(7-11(19)20)12(21)10(17)6-9-4-2-1-3-5-9/h1-5,10H,6-8,17H2,(H,19,20)/t10-/m0/s1. The van der Waals surface area contributed by atoms with Crippen LogP contribution < -0.4 is 5.73 Å². The number of amides is 1. The number of nitrogens with zero attached hydrogens (tertiary/aromatic N) is 1. The van der Waals surface area contributed by atoms with Crippen molar-refractivity contribution >= 4 is 11.9 Å². The van der Waals surface area contributed by atoms with E-state index in [0.717, 1.165) is 0 Å². The summed E-state index contributed by atoms with van der Waals surface area (Å²) in [6.07, 6.45) is -4.65. The number of rotatable bonds is 6. The lowest BCUT2D eigenvalue weighted by molar-refractivity contribution is -0.166. The number of halogens is 3. The van der Waals surface area contributed by atoms with E-state index in [1.807, 2.05) is 0 Å². The van der Waals surface area contributed by atoms with Crippen molar-refractivity contribution in [1.29, 1.82) is 0 Å². The fraction of sp³-hybridized carbons (Fsp3) is 0.385. The molecule has 0 heterocycles. The number of aliphatic carboxylic acids is 1. The van der Waals surface area contributed by atoms with E-state index in [1.54, 1.807) is 30.3 Å². The zero-order chi connectivity index (χ0) is 16.0. The van der Waals surface area contributed by atoms with E-state index >= 15 is 0 Å². The van der Waals surface area contributed by atoms with Crippen LogP contribution in [0.1, 0.15) is 5.56 Å². The Morgan fingerprint density at radius 2 is 1.81 bits per heavy atom. The Kier molecular flexibility index (Phi) is 5.71. The van der Waals surface area contributed by atoms with Gasteiger partial charge in [-0.05, 0) is 12.0 Å². The second kappa shape index (κ2) is 7.07. The van der Waals surface area contributed by atoms with Gasteiger partial charge in [-0.2, -0.15) is 13.2 Å². The van der Waals surface area contributed by atoms with Crippen LogP contribution in [0.5, 0.6) is 0 Å². The Balaban J connectivity index is 2.76. The van der Waals surface area contributed by atoms with E-state index in [0.29, 0.717) is 5.56 Å². The predicted octanol–water partition coefficient (Wildman–Crippen LogP) is 1.03. The maximum atomic E-state index is 12.4. The van der Waals surface area contributed by atoms with E-state index in [-0.39, 0.29) is 11.3 Å². The summed E-state index contributed by atoms with van der Waals surface area (Å²) in [5.74, 6) is -2.57. The van der Waals surface area contributed by atoms with Gasteiger partial charge in [0.25, 0.3) is 0 Å². The van der Waals surface area contributed by atoms with Crippen LogP contribution in [0.4, 0.5) is 13.2 Å². The predicted molar refractivity (Wildman–Crippen MR) is 68.4 cm³/mol. The fourth-order valence-electron chi connectivity index (χ4n) is 1.78. The molecule has 0 bridgehead atoms. The number of carboxylic acid groups (broad SMARTS) is 1. The van der Waals surface area contributed by atoms with Crippen molar-refractivity contribution < 1.29 is 27.9 Å². The minimum atomic E-state index is -4.68. The van der Waals surface area contributed by atoms with Crippen LogP contribution in [0.2, 0.25) is 0 Å². The Bertz CT molecular complexity index is 491. The van der Waals surface area contributed by atoms with Gasteiger partial charge >= 0.3 is 12.1 Å². The molecule has 1 rings (SSSR count). The summed E-state index contributed by atoms with van der Waals surface area (Å²) in [5.41, 5.74) is 6.27. The van der Waals surface area contributed by atoms with E-state index < -0.39 is 37.2 Å². The van der Waals surface area contributed by atoms with Crippen LogP contribution in [0.15, 0.2) is 30.3 Å². The highest BCUT2D eigenvalue weighted by atomic mass is 19.4. The number of carbonyl (C=O) groups excluding carboxylic acids is 1. The summed E-state index contributed by atoms with van der Waals surface area (Å²) < 4.78 is 37.1. The number of alkyl halides is 3. The Labute approximate surface area is 119 Å². The number of carbonyl (C=O) groups is 2. The highest BCUT2D eigenvalue weighted by Gasteiger charge is 2.35. The first-order valence-electron chi connectivity index (χ1n) is 6.06. The summed E-state index contributed by atoms with van der Waals surface area (Å²) in [7, 11) is 0. The second-order valence-corrected chi connectivity index (χ2v) is 4.50. The number of nitrogens with two attached hydrogens (primary N) is 1. The molecule has 0 aliphatic rings. The number of hydrogen-bond donors (Lipinski definition) is 2. The minimum absolute atomic E-state index is 0.0354. The van der Waals surface area contributed by atoms with Gasteiger partial charge in [0.15, 0.2) is 0 Å². The van der Waals surface area contributed by atoms with E-state index in [9.17, 15) is 22.8 Å². The molecule has 0 aliphatic heterocycles. The van der Waals surface area contributed by atoms with Crippen molar-refractivity contribution in [1.82, 2.24) is 4.90 Å². The normalized spacial score (nSPS) is 12.8. The zero-order valence-corrected chi connectivity index (χ0v) is 11.0. The van der Waals surface area contributed by atoms with Crippen molar-refractivity contribution in [2.75, 3.05) is 13.1 Å². The van der Waals surface area contributed by atoms with Crippen LogP contribution in [0.3, 0.4) is 0 Å². The first kappa shape index (κ1) is 17.0. The second-order valence-electron chi connectivity index (χ2n) is 4.50. The first-order chi connectivity index (χ1) is 9.69. The van der Waals surface area contributed by atoms with Crippen molar-refractivity contribution in [2.24, 2.45) is 5.73 Å². The van der Waals surface area contributed by atoms with Crippen molar-refractivity contribution in [3.05, 3.63) is 35.9 Å². The largest absolute Gasteiger partial charge is 0.480 e. The van der Waals surface area contributed by atoms with Crippen LogP contribution in [-0.2, 0) is 16.0 Å². The number of hydrogen-bond acceptors (Lipinski definition) is 3. The van der Waals surface area contributed by atoms with Gasteiger partial charge < -0.3 is 15.7 Å². The fourth-order valence-corrected chi connectivity index (χ4v) is 1.78. The molecule has 1 aromatic carbocycles. The highest BCUT2D eigenvalue weighted by Crippen LogP contribution is 2.17. The molecule has 5 nitrogen and oxygen atoms in total. The van der Waals surface area contributed by atoms with Crippen molar-refractivity contribution in [2.45, 2.75) is 18.6 Å². The Morgan fingerprint density at radius 1 is 1.24 bits per heavy atom. The highest BCUT2D eigenvalue weighted by molar-refractivity contribution is 5.85. The Hall–Kier alpha value is -2.09. The van der Waals surface area contributed by atoms with Gasteiger partial charge in [0.2, 0.25) is 5.91 Å². The molecule has 116 valence electrons. The molecule has 0 fully saturated rings. The van der Waals surface area contributed by atoms with Crippen molar-refractivity contribution in [3.63, 3.8) is 0 Å². The van der Waals surface area contributed by atoms with E-state index in [2.05, 4.69) is 0 Å². The average Bonchev–Trinajstić information content (AvgIpc) is 2.36. The van der Waals surface area contributed by atoms with Gasteiger partial charge in [0, 0.05) is 0 Å². The Morgan fingerprint density at radius 3 is 2.29 bits per heavy atom. The molecule has 21 heavy (non-hydrogen) atoms. The smallest absolute Gasteiger partial charge is 0.406 e. The lowest BCUT2D eigenvalue weighted by Crippen LogP contribution is -2.50. The number of carboxylic acids is 1. The molecular weight excluding hydrogens is 289 g/mol. The lowest BCUT2D eigenvalue weighted by Gasteiger charge is -2.25. The summed E-state index contributed by atoms with van der Waals surface area (Å²) in [5, 5.41) is 8.60. The van der Waals surface area contributed by atoms with Gasteiger partial charge in [-0.15, -0.1) is 0 Å². The first-order valence-corrected chi connectivity index (χ1v) is 6.06. The molecule has 1 amide bonds. The topological polar surface area (TPSA) is 83.6 Å². The third kappa shape index (κ3) is 6.26. The summed E-state index contributed by atoms with van der Waals surface area (Å²) in [4.78, 5) is 22.7. The minimum Gasteiger partial charge on any atom is -0.480 e. The molecular formula is C13H15F3N2O3. The molecule has 0 aliphatic carbocycles. The molecule has 3 N–H and O–H groups in total. The van der Waals surface area contributed by atoms with Gasteiger partial charge in [-0.25, -0.2) is 0 Å². The third-order valence-corrected chi connectivity index (χ3v) is 2.62. The van der Waals surface area contributed by atoms with Gasteiger partial charge in [-0.1, -0.05) is 30.3 Å². The SMILES string of the molecule is N[C@@H](Cc1ccccc1)C(=O)N(CC(=O)O)CC(F)(F)F. The maximum absolute atomic E-state index is 12.4. The van der Waals surface area contributed by atoms with E-state index in [1.165, 1.54) is 0 Å².